The average Bonchev–Trinajstić information content (AvgIpc) is 2.05. The Hall–Kier alpha value is -0.660. The number of nitrogens with zero attached hydrogens (tertiary/aromatic N) is 2. The number of aliphatic imine (C=N–C) groups is 2. The summed E-state index contributed by atoms with van der Waals surface area (Å²) in [4.78, 5) is 8.35. The van der Waals surface area contributed by atoms with E-state index >= 15 is 0 Å². The summed E-state index contributed by atoms with van der Waals surface area (Å²) in [6, 6.07) is 0. The third-order valence-electron chi connectivity index (χ3n) is 1.84. The van der Waals surface area contributed by atoms with Gasteiger partial charge in [-0.05, 0) is 19.8 Å². The zero-order valence-electron chi connectivity index (χ0n) is 7.96. The lowest BCUT2D eigenvalue weighted by Crippen LogP contribution is -2.10. The molecule has 0 spiro atoms. The largest absolute Gasteiger partial charge is 0.274 e. The van der Waals surface area contributed by atoms with Crippen LogP contribution in [0.2, 0.25) is 0 Å². The van der Waals surface area contributed by atoms with Crippen LogP contribution in [0.5, 0.6) is 0 Å². The van der Waals surface area contributed by atoms with Crippen LogP contribution in [0, 0.1) is 5.92 Å². The minimum absolute atomic E-state index is 0.538. The van der Waals surface area contributed by atoms with Crippen molar-refractivity contribution in [3.63, 3.8) is 0 Å². The summed E-state index contributed by atoms with van der Waals surface area (Å²) >= 11 is 0. The molecular weight excluding hydrogens is 136 g/mol. The summed E-state index contributed by atoms with van der Waals surface area (Å²) < 4.78 is 0. The van der Waals surface area contributed by atoms with Crippen molar-refractivity contribution in [2.45, 2.75) is 33.6 Å². The lowest BCUT2D eigenvalue weighted by Gasteiger charge is -2.10. The van der Waals surface area contributed by atoms with Crippen LogP contribution in [0.4, 0.5) is 0 Å². The van der Waals surface area contributed by atoms with Gasteiger partial charge in [-0.3, -0.25) is 4.99 Å². The van der Waals surface area contributed by atoms with E-state index in [1.807, 2.05) is 6.92 Å². The number of hydrogen-bond donors (Lipinski definition) is 0. The molecule has 0 fully saturated rings. The molecule has 0 saturated heterocycles. The number of hydrogen-bond acceptors (Lipinski definition) is 1. The molecule has 2 nitrogen and oxygen atoms in total. The second-order valence-corrected chi connectivity index (χ2v) is 2.48. The molecule has 0 aromatic heterocycles. The van der Waals surface area contributed by atoms with Gasteiger partial charge in [-0.2, -0.15) is 0 Å². The monoisotopic (exact) mass is 154 g/mol. The molecule has 0 aliphatic carbocycles. The van der Waals surface area contributed by atoms with E-state index < -0.39 is 0 Å². The first kappa shape index (κ1) is 10.3. The molecule has 0 amide bonds. The zero-order valence-corrected chi connectivity index (χ0v) is 7.96. The van der Waals surface area contributed by atoms with Crippen molar-refractivity contribution >= 4 is 12.1 Å². The summed E-state index contributed by atoms with van der Waals surface area (Å²) in [5.74, 6) is 1.52. The van der Waals surface area contributed by atoms with Gasteiger partial charge in [-0.25, -0.2) is 4.99 Å². The molecule has 0 saturated carbocycles. The van der Waals surface area contributed by atoms with E-state index in [0.29, 0.717) is 5.92 Å². The second-order valence-electron chi connectivity index (χ2n) is 2.48. The van der Waals surface area contributed by atoms with Crippen LogP contribution in [-0.2, 0) is 0 Å². The van der Waals surface area contributed by atoms with Crippen LogP contribution in [0.1, 0.15) is 33.6 Å². The Morgan fingerprint density at radius 3 is 2.18 bits per heavy atom. The second kappa shape index (κ2) is 6.08. The van der Waals surface area contributed by atoms with E-state index in [4.69, 9.17) is 0 Å². The van der Waals surface area contributed by atoms with Crippen molar-refractivity contribution in [3.8, 4) is 0 Å². The smallest absolute Gasteiger partial charge is 0.125 e. The van der Waals surface area contributed by atoms with Crippen molar-refractivity contribution in [1.82, 2.24) is 0 Å². The van der Waals surface area contributed by atoms with Crippen LogP contribution in [0.25, 0.3) is 0 Å². The lowest BCUT2D eigenvalue weighted by atomic mass is 10.0. The predicted octanol–water partition coefficient (Wildman–Crippen LogP) is 2.54. The average molecular weight is 154 g/mol. The Bertz CT molecular complexity index is 144. The molecule has 0 atom stereocenters. The van der Waals surface area contributed by atoms with Crippen molar-refractivity contribution in [2.24, 2.45) is 15.9 Å². The van der Waals surface area contributed by atoms with Gasteiger partial charge in [0, 0.05) is 19.2 Å². The van der Waals surface area contributed by atoms with Gasteiger partial charge in [0.15, 0.2) is 0 Å². The van der Waals surface area contributed by atoms with E-state index in [-0.39, 0.29) is 0 Å². The molecule has 0 radical (unpaired) electrons. The SMILES string of the molecule is C/C=N/C(=N\C)C(CC)CC. The minimum Gasteiger partial charge on any atom is -0.274 e. The molecule has 0 unspecified atom stereocenters. The highest BCUT2D eigenvalue weighted by atomic mass is 14.9. The van der Waals surface area contributed by atoms with E-state index in [1.54, 1.807) is 13.3 Å². The maximum absolute atomic E-state index is 4.21. The Balaban J connectivity index is 4.22. The highest BCUT2D eigenvalue weighted by Crippen LogP contribution is 2.10. The summed E-state index contributed by atoms with van der Waals surface area (Å²) in [6.45, 7) is 6.27. The van der Waals surface area contributed by atoms with Crippen LogP contribution in [0.15, 0.2) is 9.98 Å². The topological polar surface area (TPSA) is 24.7 Å². The maximum Gasteiger partial charge on any atom is 0.125 e. The van der Waals surface area contributed by atoms with Crippen LogP contribution >= 0.6 is 0 Å². The van der Waals surface area contributed by atoms with Crippen molar-refractivity contribution in [3.05, 3.63) is 0 Å². The van der Waals surface area contributed by atoms with Crippen LogP contribution < -0.4 is 0 Å². The molecule has 0 N–H and O–H groups in total. The molecule has 2 heteroatoms. The van der Waals surface area contributed by atoms with Gasteiger partial charge in [-0.15, -0.1) is 0 Å². The molecule has 11 heavy (non-hydrogen) atoms. The first-order valence-corrected chi connectivity index (χ1v) is 4.25. The van der Waals surface area contributed by atoms with Crippen molar-refractivity contribution < 1.29 is 0 Å². The first-order valence-electron chi connectivity index (χ1n) is 4.25. The third-order valence-corrected chi connectivity index (χ3v) is 1.84. The fraction of sp³-hybridized carbons (Fsp3) is 0.778. The van der Waals surface area contributed by atoms with Gasteiger partial charge in [0.25, 0.3) is 0 Å². The quantitative estimate of drug-likeness (QED) is 0.441. The lowest BCUT2D eigenvalue weighted by molar-refractivity contribution is 0.637. The molecule has 0 bridgehead atoms. The Morgan fingerprint density at radius 1 is 1.36 bits per heavy atom. The van der Waals surface area contributed by atoms with Gasteiger partial charge in [-0.1, -0.05) is 13.8 Å². The Morgan fingerprint density at radius 2 is 1.91 bits per heavy atom. The van der Waals surface area contributed by atoms with E-state index in [9.17, 15) is 0 Å². The van der Waals surface area contributed by atoms with Gasteiger partial charge >= 0.3 is 0 Å². The molecule has 0 rings (SSSR count). The molecule has 0 aliphatic rings. The highest BCUT2D eigenvalue weighted by Gasteiger charge is 2.08. The minimum atomic E-state index is 0.538. The molecule has 0 heterocycles. The van der Waals surface area contributed by atoms with Gasteiger partial charge in [0.1, 0.15) is 5.84 Å². The predicted molar refractivity (Wildman–Crippen MR) is 51.6 cm³/mol. The zero-order chi connectivity index (χ0) is 8.69. The number of rotatable bonds is 3. The molecule has 0 aromatic carbocycles. The molecule has 64 valence electrons. The van der Waals surface area contributed by atoms with E-state index in [2.05, 4.69) is 23.8 Å². The van der Waals surface area contributed by atoms with Crippen molar-refractivity contribution in [2.75, 3.05) is 7.05 Å². The standard InChI is InChI=1S/C9H18N2/c1-5-8(6-2)9(10-4)11-7-3/h7-8H,5-6H2,1-4H3/b10-9-,11-7+. The Kier molecular flexibility index (Phi) is 5.71. The highest BCUT2D eigenvalue weighted by molar-refractivity contribution is 5.90. The summed E-state index contributed by atoms with van der Waals surface area (Å²) in [6.07, 6.45) is 4.06. The summed E-state index contributed by atoms with van der Waals surface area (Å²) in [5.41, 5.74) is 0. The normalized spacial score (nSPS) is 13.4. The molecule has 0 aromatic rings. The van der Waals surface area contributed by atoms with Crippen LogP contribution in [-0.4, -0.2) is 19.1 Å². The van der Waals surface area contributed by atoms with Gasteiger partial charge in [0.05, 0.1) is 0 Å². The number of amidine groups is 1. The van der Waals surface area contributed by atoms with E-state index in [1.165, 1.54) is 0 Å². The van der Waals surface area contributed by atoms with Crippen LogP contribution in [0.3, 0.4) is 0 Å². The third kappa shape index (κ3) is 3.30. The first-order chi connectivity index (χ1) is 5.29. The fourth-order valence-corrected chi connectivity index (χ4v) is 1.13. The fourth-order valence-electron chi connectivity index (χ4n) is 1.13. The van der Waals surface area contributed by atoms with Crippen molar-refractivity contribution in [1.29, 1.82) is 0 Å². The summed E-state index contributed by atoms with van der Waals surface area (Å²) in [5, 5.41) is 0. The van der Waals surface area contributed by atoms with Gasteiger partial charge < -0.3 is 0 Å². The summed E-state index contributed by atoms with van der Waals surface area (Å²) in [7, 11) is 1.81. The van der Waals surface area contributed by atoms with E-state index in [0.717, 1.165) is 18.7 Å². The maximum atomic E-state index is 4.21. The molecular formula is C9H18N2. The Labute approximate surface area is 69.4 Å². The van der Waals surface area contributed by atoms with Gasteiger partial charge in [0.2, 0.25) is 0 Å². The molecule has 0 aliphatic heterocycles.